The molecule has 0 bridgehead atoms. The fourth-order valence-electron chi connectivity index (χ4n) is 6.54. The summed E-state index contributed by atoms with van der Waals surface area (Å²) in [6.45, 7) is 11.3. The van der Waals surface area contributed by atoms with Gasteiger partial charge in [0.15, 0.2) is 5.75 Å². The van der Waals surface area contributed by atoms with Crippen molar-refractivity contribution in [3.8, 4) is 5.75 Å². The molecule has 3 N–H and O–H groups in total. The summed E-state index contributed by atoms with van der Waals surface area (Å²) in [4.78, 5) is 24.4. The van der Waals surface area contributed by atoms with Crippen LogP contribution in [0.3, 0.4) is 0 Å². The van der Waals surface area contributed by atoms with Gasteiger partial charge in [-0.15, -0.1) is 13.2 Å². The lowest BCUT2D eigenvalue weighted by atomic mass is 9.99. The first-order chi connectivity index (χ1) is 24.3. The third-order valence-electron chi connectivity index (χ3n) is 9.11. The normalized spacial score (nSPS) is 16.6. The number of fused-ring (bicyclic) bond motifs is 1. The largest absolute Gasteiger partial charge is 0.573 e. The number of piperidine rings is 1. The van der Waals surface area contributed by atoms with Crippen molar-refractivity contribution in [2.75, 3.05) is 72.8 Å². The highest BCUT2D eigenvalue weighted by Crippen LogP contribution is 2.40. The molecule has 4 heterocycles. The van der Waals surface area contributed by atoms with Crippen LogP contribution < -0.4 is 25.0 Å². The van der Waals surface area contributed by atoms with Crippen molar-refractivity contribution in [3.63, 3.8) is 0 Å². The van der Waals surface area contributed by atoms with Crippen LogP contribution in [0.2, 0.25) is 0 Å². The molecular weight excluding hydrogens is 686 g/mol. The maximum atomic E-state index is 13.8. The first kappa shape index (κ1) is 36.1. The number of nitrogens with one attached hydrogen (secondary N) is 3. The molecule has 2 aliphatic heterocycles. The molecule has 2 aromatic heterocycles. The van der Waals surface area contributed by atoms with E-state index in [1.807, 2.05) is 6.92 Å². The maximum Gasteiger partial charge on any atom is 0.573 e. The number of rotatable bonds is 11. The smallest absolute Gasteiger partial charge is 0.403 e. The Morgan fingerprint density at radius 3 is 2.39 bits per heavy atom. The van der Waals surface area contributed by atoms with Gasteiger partial charge in [-0.25, -0.2) is 13.4 Å². The van der Waals surface area contributed by atoms with E-state index >= 15 is 0 Å². The van der Waals surface area contributed by atoms with Gasteiger partial charge in [-0.3, -0.25) is 19.6 Å². The van der Waals surface area contributed by atoms with Crippen molar-refractivity contribution in [3.05, 3.63) is 60.6 Å². The van der Waals surface area contributed by atoms with Crippen LogP contribution in [0.4, 0.5) is 47.7 Å². The molecule has 51 heavy (non-hydrogen) atoms. The Balaban J connectivity index is 1.29. The summed E-state index contributed by atoms with van der Waals surface area (Å²) in [5.41, 5.74) is 3.23. The molecule has 272 valence electrons. The number of nitrogens with zero attached hydrogens (tertiary/aromatic N) is 7. The van der Waals surface area contributed by atoms with E-state index < -0.39 is 22.1 Å². The number of anilines is 6. The third kappa shape index (κ3) is 8.77. The van der Waals surface area contributed by atoms with Gasteiger partial charge in [0.2, 0.25) is 16.0 Å². The molecule has 0 aliphatic carbocycles. The second-order valence-corrected chi connectivity index (χ2v) is 14.4. The van der Waals surface area contributed by atoms with Crippen LogP contribution >= 0.6 is 0 Å². The number of sulfonamides is 1. The summed E-state index contributed by atoms with van der Waals surface area (Å²) in [7, 11) is -1.60. The molecule has 13 nitrogen and oxygen atoms in total. The number of alkyl halides is 3. The Bertz CT molecular complexity index is 2000. The average molecular weight is 727 g/mol. The SMILES string of the molecule is C=Cc1cnc(Nc2cc(CC)c(N3CCC(N4CCN(C)CC4)CC3)cc2OC(F)(F)F)nc1Nc1ccc2nccnc2c1NS(C)(=O)=O. The monoisotopic (exact) mass is 726 g/mol. The minimum absolute atomic E-state index is 0.0314. The number of aryl methyl sites for hydroxylation is 1. The quantitative estimate of drug-likeness (QED) is 0.177. The van der Waals surface area contributed by atoms with E-state index in [0.717, 1.165) is 63.9 Å². The summed E-state index contributed by atoms with van der Waals surface area (Å²) >= 11 is 0. The highest BCUT2D eigenvalue weighted by atomic mass is 32.2. The van der Waals surface area contributed by atoms with Gasteiger partial charge < -0.3 is 25.2 Å². The molecule has 0 saturated carbocycles. The Labute approximate surface area is 295 Å². The topological polar surface area (TPSA) is 141 Å². The summed E-state index contributed by atoms with van der Waals surface area (Å²) < 4.78 is 73.0. The summed E-state index contributed by atoms with van der Waals surface area (Å²) in [6.07, 6.45) is 4.35. The van der Waals surface area contributed by atoms with Crippen molar-refractivity contribution in [1.82, 2.24) is 29.7 Å². The minimum Gasteiger partial charge on any atom is -0.403 e. The Hall–Kier alpha value is -4.74. The van der Waals surface area contributed by atoms with E-state index in [1.54, 1.807) is 18.2 Å². The number of likely N-dealkylation sites (N-methyl/N-ethyl adjacent to an activating group) is 1. The lowest BCUT2D eigenvalue weighted by Gasteiger charge is -2.43. The molecule has 0 spiro atoms. The predicted molar refractivity (Wildman–Crippen MR) is 194 cm³/mol. The Morgan fingerprint density at radius 2 is 1.73 bits per heavy atom. The summed E-state index contributed by atoms with van der Waals surface area (Å²) in [6, 6.07) is 6.82. The zero-order chi connectivity index (χ0) is 36.3. The standard InChI is InChI=1S/C34H41F3N10O3S/c1-5-22-19-27(29(50-34(35,36)37)20-28(22)47-13-9-24(10-14-47)46-17-15-45(3)16-18-46)42-33-40-21-23(6-2)32(43-33)41-26-8-7-25-30(39-12-11-38-25)31(26)44-51(4,48)49/h6-8,11-12,19-21,24,44H,2,5,9-10,13-18H2,1,3-4H3,(H2,40,41,42,43). The van der Waals surface area contributed by atoms with Gasteiger partial charge in [-0.1, -0.05) is 19.6 Å². The molecular formula is C34H41F3N10O3S. The van der Waals surface area contributed by atoms with Crippen LogP contribution in [-0.4, -0.2) is 103 Å². The molecule has 2 aliphatic rings. The molecule has 0 amide bonds. The van der Waals surface area contributed by atoms with Gasteiger partial charge in [0.1, 0.15) is 11.3 Å². The number of ether oxygens (including phenoxy) is 1. The van der Waals surface area contributed by atoms with Gasteiger partial charge in [0.05, 0.1) is 28.8 Å². The average Bonchev–Trinajstić information content (AvgIpc) is 3.09. The fourth-order valence-corrected chi connectivity index (χ4v) is 7.11. The van der Waals surface area contributed by atoms with Crippen molar-refractivity contribution in [2.45, 2.75) is 38.6 Å². The lowest BCUT2D eigenvalue weighted by Crippen LogP contribution is -2.52. The van der Waals surface area contributed by atoms with Crippen molar-refractivity contribution in [2.24, 2.45) is 0 Å². The van der Waals surface area contributed by atoms with E-state index in [9.17, 15) is 21.6 Å². The molecule has 2 aromatic carbocycles. The first-order valence-electron chi connectivity index (χ1n) is 16.7. The molecule has 0 unspecified atom stereocenters. The molecule has 0 atom stereocenters. The number of aromatic nitrogens is 4. The summed E-state index contributed by atoms with van der Waals surface area (Å²) in [5, 5.41) is 6.04. The van der Waals surface area contributed by atoms with Crippen LogP contribution in [0.25, 0.3) is 17.1 Å². The zero-order valence-corrected chi connectivity index (χ0v) is 29.5. The van der Waals surface area contributed by atoms with Crippen molar-refractivity contribution < 1.29 is 26.3 Å². The van der Waals surface area contributed by atoms with E-state index in [-0.39, 0.29) is 23.1 Å². The fraction of sp³-hybridized carbons (Fsp3) is 0.412. The van der Waals surface area contributed by atoms with Crippen LogP contribution in [0.5, 0.6) is 5.75 Å². The van der Waals surface area contributed by atoms with Gasteiger partial charge >= 0.3 is 6.36 Å². The Morgan fingerprint density at radius 1 is 1.00 bits per heavy atom. The first-order valence-corrected chi connectivity index (χ1v) is 18.5. The molecule has 2 saturated heterocycles. The maximum absolute atomic E-state index is 13.8. The van der Waals surface area contributed by atoms with Gasteiger partial charge in [-0.05, 0) is 50.1 Å². The van der Waals surface area contributed by atoms with Gasteiger partial charge in [-0.2, -0.15) is 4.98 Å². The van der Waals surface area contributed by atoms with Crippen molar-refractivity contribution >= 4 is 61.6 Å². The zero-order valence-electron chi connectivity index (χ0n) is 28.7. The summed E-state index contributed by atoms with van der Waals surface area (Å²) in [5.74, 6) is -0.234. The van der Waals surface area contributed by atoms with Crippen molar-refractivity contribution in [1.29, 1.82) is 0 Å². The van der Waals surface area contributed by atoms with Crippen LogP contribution in [0, 0.1) is 0 Å². The minimum atomic E-state index is -4.95. The molecule has 2 fully saturated rings. The number of hydrogen-bond acceptors (Lipinski definition) is 12. The highest BCUT2D eigenvalue weighted by molar-refractivity contribution is 7.92. The van der Waals surface area contributed by atoms with Crippen LogP contribution in [0.1, 0.15) is 30.9 Å². The number of benzene rings is 2. The second kappa shape index (κ2) is 14.9. The second-order valence-electron chi connectivity index (χ2n) is 12.7. The van der Waals surface area contributed by atoms with Crippen LogP contribution in [-0.2, 0) is 16.4 Å². The third-order valence-corrected chi connectivity index (χ3v) is 9.69. The van der Waals surface area contributed by atoms with E-state index in [1.165, 1.54) is 30.7 Å². The Kier molecular flexibility index (Phi) is 10.5. The molecule has 17 heteroatoms. The number of hydrogen-bond donors (Lipinski definition) is 3. The molecule has 0 radical (unpaired) electrons. The highest BCUT2D eigenvalue weighted by Gasteiger charge is 2.34. The molecule has 4 aromatic rings. The van der Waals surface area contributed by atoms with Gasteiger partial charge in [0, 0.05) is 81.2 Å². The van der Waals surface area contributed by atoms with Crippen LogP contribution in [0.15, 0.2) is 49.4 Å². The lowest BCUT2D eigenvalue weighted by molar-refractivity contribution is -0.274. The molecule has 6 rings (SSSR count). The van der Waals surface area contributed by atoms with E-state index in [2.05, 4.69) is 68.4 Å². The number of piperazine rings is 1. The van der Waals surface area contributed by atoms with Gasteiger partial charge in [0.25, 0.3) is 0 Å². The van der Waals surface area contributed by atoms with E-state index in [0.29, 0.717) is 40.4 Å². The number of halogens is 3. The predicted octanol–water partition coefficient (Wildman–Crippen LogP) is 5.60. The van der Waals surface area contributed by atoms with E-state index in [4.69, 9.17) is 0 Å².